The van der Waals surface area contributed by atoms with Crippen molar-refractivity contribution in [3.63, 3.8) is 0 Å². The number of para-hydroxylation sites is 1. The Morgan fingerprint density at radius 3 is 2.54 bits per heavy atom. The van der Waals surface area contributed by atoms with Crippen LogP contribution in [0.15, 0.2) is 47.5 Å². The average Bonchev–Trinajstić information content (AvgIpc) is 2.53. The molecule has 0 spiro atoms. The minimum absolute atomic E-state index is 0.0673. The second kappa shape index (κ2) is 6.66. The molecule has 1 heterocycles. The predicted octanol–water partition coefficient (Wildman–Crippen LogP) is 2.55. The highest BCUT2D eigenvalue weighted by molar-refractivity contribution is 7.89. The van der Waals surface area contributed by atoms with Crippen molar-refractivity contribution in [1.82, 2.24) is 9.71 Å². The van der Waals surface area contributed by atoms with Gasteiger partial charge in [-0.05, 0) is 30.7 Å². The Morgan fingerprint density at radius 2 is 1.92 bits per heavy atom. The van der Waals surface area contributed by atoms with Crippen LogP contribution >= 0.6 is 0 Å². The fraction of sp³-hybridized carbons (Fsp3) is 0.312. The molecule has 7 nitrogen and oxygen atoms in total. The molecule has 1 aromatic heterocycles. The molecule has 1 aromatic carbocycles. The molecule has 0 radical (unpaired) electrons. The Kier molecular flexibility index (Phi) is 5.00. The maximum absolute atomic E-state index is 12.5. The fourth-order valence-electron chi connectivity index (χ4n) is 2.19. The maximum Gasteiger partial charge on any atom is 0.289 e. The Morgan fingerprint density at radius 1 is 1.25 bits per heavy atom. The van der Waals surface area contributed by atoms with E-state index in [0.29, 0.717) is 0 Å². The van der Waals surface area contributed by atoms with Crippen LogP contribution in [0.4, 0.5) is 5.69 Å². The van der Waals surface area contributed by atoms with Crippen LogP contribution in [0.1, 0.15) is 25.1 Å². The lowest BCUT2D eigenvalue weighted by atomic mass is 9.88. The highest BCUT2D eigenvalue weighted by atomic mass is 32.2. The van der Waals surface area contributed by atoms with Crippen LogP contribution in [0.5, 0.6) is 0 Å². The Balaban J connectivity index is 2.26. The van der Waals surface area contributed by atoms with E-state index in [1.165, 1.54) is 24.3 Å². The Labute approximate surface area is 140 Å². The summed E-state index contributed by atoms with van der Waals surface area (Å²) >= 11 is 0. The average molecular weight is 349 g/mol. The molecular weight excluding hydrogens is 330 g/mol. The molecule has 0 saturated carbocycles. The number of pyridine rings is 1. The monoisotopic (exact) mass is 349 g/mol. The van der Waals surface area contributed by atoms with E-state index in [9.17, 15) is 18.5 Å². The van der Waals surface area contributed by atoms with Gasteiger partial charge in [0.25, 0.3) is 5.69 Å². The standard InChI is InChI=1S/C16H19N3O4S/c1-12-8-9-17-15(10-12)16(2,3)11-18-24(22,23)14-7-5-4-6-13(14)19(20)21/h4-10,18H,11H2,1-3H3. The van der Waals surface area contributed by atoms with Gasteiger partial charge in [-0.1, -0.05) is 26.0 Å². The molecule has 8 heteroatoms. The number of nitrogens with zero attached hydrogens (tertiary/aromatic N) is 2. The van der Waals surface area contributed by atoms with Crippen LogP contribution in [-0.2, 0) is 15.4 Å². The lowest BCUT2D eigenvalue weighted by Crippen LogP contribution is -2.37. The molecule has 0 saturated heterocycles. The molecule has 0 bridgehead atoms. The molecule has 0 fully saturated rings. The summed E-state index contributed by atoms with van der Waals surface area (Å²) in [5.41, 5.74) is 0.752. The molecule has 0 aliphatic rings. The maximum atomic E-state index is 12.5. The van der Waals surface area contributed by atoms with Gasteiger partial charge in [-0.3, -0.25) is 15.1 Å². The van der Waals surface area contributed by atoms with Gasteiger partial charge in [0.2, 0.25) is 10.0 Å². The molecule has 0 atom stereocenters. The van der Waals surface area contributed by atoms with Crippen LogP contribution in [0, 0.1) is 17.0 Å². The van der Waals surface area contributed by atoms with E-state index in [0.717, 1.165) is 11.3 Å². The van der Waals surface area contributed by atoms with Gasteiger partial charge in [0.15, 0.2) is 4.90 Å². The zero-order valence-electron chi connectivity index (χ0n) is 13.7. The zero-order chi connectivity index (χ0) is 18.0. The molecule has 2 aromatic rings. The minimum atomic E-state index is -4.01. The van der Waals surface area contributed by atoms with Gasteiger partial charge in [-0.2, -0.15) is 0 Å². The molecule has 2 rings (SSSR count). The van der Waals surface area contributed by atoms with E-state index in [-0.39, 0.29) is 11.4 Å². The summed E-state index contributed by atoms with van der Waals surface area (Å²) in [5, 5.41) is 11.0. The third-order valence-corrected chi connectivity index (χ3v) is 5.11. The molecule has 1 N–H and O–H groups in total. The zero-order valence-corrected chi connectivity index (χ0v) is 14.5. The summed E-state index contributed by atoms with van der Waals surface area (Å²) in [6, 6.07) is 9.02. The Bertz CT molecular complexity index is 863. The van der Waals surface area contributed by atoms with Crippen LogP contribution in [0.3, 0.4) is 0 Å². The van der Waals surface area contributed by atoms with Crippen molar-refractivity contribution in [3.8, 4) is 0 Å². The van der Waals surface area contributed by atoms with Gasteiger partial charge in [0.05, 0.1) is 4.92 Å². The molecule has 0 amide bonds. The van der Waals surface area contributed by atoms with Gasteiger partial charge in [-0.25, -0.2) is 13.1 Å². The second-order valence-electron chi connectivity index (χ2n) is 6.15. The van der Waals surface area contributed by atoms with Crippen molar-refractivity contribution >= 4 is 15.7 Å². The predicted molar refractivity (Wildman–Crippen MR) is 90.3 cm³/mol. The summed E-state index contributed by atoms with van der Waals surface area (Å²) in [6.45, 7) is 5.71. The van der Waals surface area contributed by atoms with Crippen LogP contribution < -0.4 is 4.72 Å². The van der Waals surface area contributed by atoms with Crippen LogP contribution in [0.25, 0.3) is 0 Å². The number of nitrogens with one attached hydrogen (secondary N) is 1. The summed E-state index contributed by atoms with van der Waals surface area (Å²) < 4.78 is 27.4. The number of hydrogen-bond donors (Lipinski definition) is 1. The Hall–Kier alpha value is -2.32. The number of nitro groups is 1. The number of benzene rings is 1. The third-order valence-electron chi connectivity index (χ3n) is 3.66. The van der Waals surface area contributed by atoms with E-state index in [2.05, 4.69) is 9.71 Å². The lowest BCUT2D eigenvalue weighted by molar-refractivity contribution is -0.387. The number of aromatic nitrogens is 1. The third kappa shape index (κ3) is 3.95. The highest BCUT2D eigenvalue weighted by Crippen LogP contribution is 2.25. The molecule has 128 valence electrons. The molecule has 24 heavy (non-hydrogen) atoms. The van der Waals surface area contributed by atoms with Crippen molar-refractivity contribution in [1.29, 1.82) is 0 Å². The second-order valence-corrected chi connectivity index (χ2v) is 7.89. The minimum Gasteiger partial charge on any atom is -0.261 e. The summed E-state index contributed by atoms with van der Waals surface area (Å²) in [6.07, 6.45) is 1.67. The largest absolute Gasteiger partial charge is 0.289 e. The van der Waals surface area contributed by atoms with Crippen molar-refractivity contribution in [2.45, 2.75) is 31.1 Å². The van der Waals surface area contributed by atoms with E-state index in [4.69, 9.17) is 0 Å². The lowest BCUT2D eigenvalue weighted by Gasteiger charge is -2.24. The van der Waals surface area contributed by atoms with Gasteiger partial charge < -0.3 is 0 Å². The number of aryl methyl sites for hydroxylation is 1. The SMILES string of the molecule is Cc1ccnc(C(C)(C)CNS(=O)(=O)c2ccccc2[N+](=O)[O-])c1. The topological polar surface area (TPSA) is 102 Å². The first kappa shape index (κ1) is 18.0. The molecule has 0 aliphatic carbocycles. The van der Waals surface area contributed by atoms with Crippen molar-refractivity contribution in [3.05, 3.63) is 64.0 Å². The number of hydrogen-bond acceptors (Lipinski definition) is 5. The first-order valence-corrected chi connectivity index (χ1v) is 8.78. The highest BCUT2D eigenvalue weighted by Gasteiger charge is 2.29. The number of nitro benzene ring substituents is 1. The van der Waals surface area contributed by atoms with Gasteiger partial charge in [0, 0.05) is 29.9 Å². The van der Waals surface area contributed by atoms with E-state index in [1.807, 2.05) is 32.9 Å². The normalized spacial score (nSPS) is 12.1. The summed E-state index contributed by atoms with van der Waals surface area (Å²) in [5.74, 6) is 0. The van der Waals surface area contributed by atoms with E-state index < -0.39 is 26.0 Å². The molecule has 0 aliphatic heterocycles. The van der Waals surface area contributed by atoms with Gasteiger partial charge in [-0.15, -0.1) is 0 Å². The van der Waals surface area contributed by atoms with Crippen LogP contribution in [-0.4, -0.2) is 24.9 Å². The van der Waals surface area contributed by atoms with E-state index in [1.54, 1.807) is 6.20 Å². The fourth-order valence-corrected chi connectivity index (χ4v) is 3.57. The van der Waals surface area contributed by atoms with Crippen molar-refractivity contribution in [2.75, 3.05) is 6.54 Å². The first-order valence-electron chi connectivity index (χ1n) is 7.30. The summed E-state index contributed by atoms with van der Waals surface area (Å²) in [7, 11) is -4.01. The first-order chi connectivity index (χ1) is 11.1. The molecule has 0 unspecified atom stereocenters. The summed E-state index contributed by atoms with van der Waals surface area (Å²) in [4.78, 5) is 14.3. The van der Waals surface area contributed by atoms with Gasteiger partial charge >= 0.3 is 0 Å². The van der Waals surface area contributed by atoms with E-state index >= 15 is 0 Å². The van der Waals surface area contributed by atoms with Crippen molar-refractivity contribution in [2.24, 2.45) is 0 Å². The number of rotatable bonds is 6. The quantitative estimate of drug-likeness (QED) is 0.638. The van der Waals surface area contributed by atoms with Crippen LogP contribution in [0.2, 0.25) is 0 Å². The molecular formula is C16H19N3O4S. The van der Waals surface area contributed by atoms with Crippen molar-refractivity contribution < 1.29 is 13.3 Å². The smallest absolute Gasteiger partial charge is 0.261 e. The number of sulfonamides is 1. The van der Waals surface area contributed by atoms with Gasteiger partial charge in [0.1, 0.15) is 0 Å².